The first-order valence-corrected chi connectivity index (χ1v) is 8.31. The molecule has 0 atom stereocenters. The topological polar surface area (TPSA) is 80.9 Å². The molecule has 4 rings (SSSR count). The van der Waals surface area contributed by atoms with Gasteiger partial charge in [0.15, 0.2) is 0 Å². The maximum absolute atomic E-state index is 11.9. The van der Waals surface area contributed by atoms with E-state index < -0.39 is 0 Å². The lowest BCUT2D eigenvalue weighted by Gasteiger charge is -2.09. The fourth-order valence-electron chi connectivity index (χ4n) is 2.63. The number of benzene rings is 1. The van der Waals surface area contributed by atoms with Crippen LogP contribution in [-0.4, -0.2) is 15.3 Å². The molecule has 6 heteroatoms. The average molecular weight is 324 g/mol. The van der Waals surface area contributed by atoms with Crippen molar-refractivity contribution in [1.82, 2.24) is 9.36 Å². The van der Waals surface area contributed by atoms with Gasteiger partial charge < -0.3 is 11.1 Å². The van der Waals surface area contributed by atoms with Crippen LogP contribution in [0.2, 0.25) is 0 Å². The Bertz CT molecular complexity index is 914. The Morgan fingerprint density at radius 2 is 2.13 bits per heavy atom. The molecule has 1 aliphatic rings. The molecule has 1 fully saturated rings. The summed E-state index contributed by atoms with van der Waals surface area (Å²) < 4.78 is 4.22. The molecule has 1 aromatic carbocycles. The van der Waals surface area contributed by atoms with E-state index in [1.54, 1.807) is 6.20 Å². The van der Waals surface area contributed by atoms with Crippen LogP contribution in [-0.2, 0) is 4.79 Å². The standard InChI is InChI=1S/C17H16N4OS/c1-9-7-20-23-16(9)12-4-11-6-15(21-17(22)10-2-3-10)19-8-13(11)14(18)5-12/h4-8,10H,2-3,18H2,1H3,(H,19,21,22). The number of nitrogens with zero attached hydrogens (tertiary/aromatic N) is 2. The van der Waals surface area contributed by atoms with Gasteiger partial charge in [0.25, 0.3) is 0 Å². The Kier molecular flexibility index (Phi) is 3.27. The monoisotopic (exact) mass is 324 g/mol. The molecule has 0 saturated heterocycles. The summed E-state index contributed by atoms with van der Waals surface area (Å²) in [6.45, 7) is 2.03. The van der Waals surface area contributed by atoms with Crippen molar-refractivity contribution in [2.45, 2.75) is 19.8 Å². The number of hydrogen-bond donors (Lipinski definition) is 2. The molecular weight excluding hydrogens is 308 g/mol. The van der Waals surface area contributed by atoms with Gasteiger partial charge in [-0.2, -0.15) is 0 Å². The Labute approximate surface area is 137 Å². The van der Waals surface area contributed by atoms with Gasteiger partial charge in [-0.15, -0.1) is 0 Å². The summed E-state index contributed by atoms with van der Waals surface area (Å²) in [4.78, 5) is 17.3. The van der Waals surface area contributed by atoms with Crippen LogP contribution in [0.4, 0.5) is 11.5 Å². The van der Waals surface area contributed by atoms with Gasteiger partial charge in [0.2, 0.25) is 5.91 Å². The van der Waals surface area contributed by atoms with Crippen LogP contribution in [0.25, 0.3) is 21.2 Å². The molecule has 0 bridgehead atoms. The minimum Gasteiger partial charge on any atom is -0.398 e. The Morgan fingerprint density at radius 1 is 1.30 bits per heavy atom. The molecule has 23 heavy (non-hydrogen) atoms. The summed E-state index contributed by atoms with van der Waals surface area (Å²) >= 11 is 1.46. The third-order valence-corrected chi connectivity index (χ3v) is 5.03. The largest absolute Gasteiger partial charge is 0.398 e. The number of carbonyl (C=O) groups excluding carboxylic acids is 1. The zero-order chi connectivity index (χ0) is 16.0. The van der Waals surface area contributed by atoms with Crippen molar-refractivity contribution < 1.29 is 4.79 Å². The number of anilines is 2. The first-order chi connectivity index (χ1) is 11.1. The van der Waals surface area contributed by atoms with Gasteiger partial charge >= 0.3 is 0 Å². The van der Waals surface area contributed by atoms with Crippen LogP contribution in [0.5, 0.6) is 0 Å². The number of aromatic nitrogens is 2. The van der Waals surface area contributed by atoms with Crippen LogP contribution in [0, 0.1) is 12.8 Å². The fraction of sp³-hybridized carbons (Fsp3) is 0.235. The molecule has 1 aliphatic carbocycles. The molecular formula is C17H16N4OS. The lowest BCUT2D eigenvalue weighted by Crippen LogP contribution is -2.14. The number of nitrogens with one attached hydrogen (secondary N) is 1. The predicted molar refractivity (Wildman–Crippen MR) is 93.4 cm³/mol. The van der Waals surface area contributed by atoms with E-state index >= 15 is 0 Å². The average Bonchev–Trinajstić information content (AvgIpc) is 3.29. The van der Waals surface area contributed by atoms with E-state index in [2.05, 4.69) is 20.7 Å². The Morgan fingerprint density at radius 3 is 2.83 bits per heavy atom. The molecule has 1 saturated carbocycles. The molecule has 0 radical (unpaired) electrons. The maximum atomic E-state index is 11.9. The SMILES string of the molecule is Cc1cnsc1-c1cc(N)c2cnc(NC(=O)C3CC3)cc2c1. The molecule has 1 amide bonds. The first kappa shape index (κ1) is 14.1. The number of aryl methyl sites for hydroxylation is 1. The van der Waals surface area contributed by atoms with Gasteiger partial charge in [-0.3, -0.25) is 4.79 Å². The van der Waals surface area contributed by atoms with E-state index in [0.717, 1.165) is 39.6 Å². The summed E-state index contributed by atoms with van der Waals surface area (Å²) in [5, 5.41) is 4.74. The second-order valence-corrected chi connectivity index (χ2v) is 6.76. The molecule has 3 aromatic rings. The van der Waals surface area contributed by atoms with E-state index in [0.29, 0.717) is 11.5 Å². The van der Waals surface area contributed by atoms with Crippen LogP contribution in [0.15, 0.2) is 30.6 Å². The van der Waals surface area contributed by atoms with Crippen LogP contribution >= 0.6 is 11.5 Å². The third-order valence-electron chi connectivity index (χ3n) is 4.08. The number of amides is 1. The van der Waals surface area contributed by atoms with Crippen molar-refractivity contribution in [2.75, 3.05) is 11.1 Å². The molecule has 2 aromatic heterocycles. The highest BCUT2D eigenvalue weighted by molar-refractivity contribution is 7.09. The second kappa shape index (κ2) is 5.31. The fourth-order valence-corrected chi connectivity index (χ4v) is 3.36. The van der Waals surface area contributed by atoms with Gasteiger partial charge in [-0.25, -0.2) is 9.36 Å². The van der Waals surface area contributed by atoms with Gasteiger partial charge in [0.05, 0.1) is 4.88 Å². The highest BCUT2D eigenvalue weighted by atomic mass is 32.1. The number of rotatable bonds is 3. The quantitative estimate of drug-likeness (QED) is 0.721. The van der Waals surface area contributed by atoms with Crippen LogP contribution in [0.1, 0.15) is 18.4 Å². The van der Waals surface area contributed by atoms with Gasteiger partial charge in [-0.05, 0) is 66.0 Å². The van der Waals surface area contributed by atoms with Crippen molar-refractivity contribution in [3.05, 3.63) is 36.2 Å². The predicted octanol–water partition coefficient (Wildman–Crippen LogP) is 3.60. The van der Waals surface area contributed by atoms with E-state index in [-0.39, 0.29) is 11.8 Å². The van der Waals surface area contributed by atoms with Crippen molar-refractivity contribution in [3.63, 3.8) is 0 Å². The van der Waals surface area contributed by atoms with Crippen LogP contribution in [0.3, 0.4) is 0 Å². The molecule has 2 heterocycles. The number of fused-ring (bicyclic) bond motifs is 1. The number of nitrogen functional groups attached to an aromatic ring is 1. The summed E-state index contributed by atoms with van der Waals surface area (Å²) in [7, 11) is 0. The minimum absolute atomic E-state index is 0.0549. The lowest BCUT2D eigenvalue weighted by molar-refractivity contribution is -0.117. The first-order valence-electron chi connectivity index (χ1n) is 7.53. The third kappa shape index (κ3) is 2.66. The summed E-state index contributed by atoms with van der Waals surface area (Å²) in [5.41, 5.74) is 9.03. The summed E-state index contributed by atoms with van der Waals surface area (Å²) in [5.74, 6) is 0.787. The molecule has 0 aliphatic heterocycles. The van der Waals surface area contributed by atoms with Gasteiger partial charge in [0, 0.05) is 29.4 Å². The molecule has 0 spiro atoms. The zero-order valence-electron chi connectivity index (χ0n) is 12.7. The van der Waals surface area contributed by atoms with E-state index in [1.165, 1.54) is 11.5 Å². The smallest absolute Gasteiger partial charge is 0.228 e. The minimum atomic E-state index is 0.0549. The van der Waals surface area contributed by atoms with Gasteiger partial charge in [-0.1, -0.05) is 0 Å². The second-order valence-electron chi connectivity index (χ2n) is 5.96. The Hall–Kier alpha value is -2.47. The lowest BCUT2D eigenvalue weighted by atomic mass is 10.0. The van der Waals surface area contributed by atoms with E-state index in [1.807, 2.05) is 25.3 Å². The van der Waals surface area contributed by atoms with Crippen LogP contribution < -0.4 is 11.1 Å². The van der Waals surface area contributed by atoms with E-state index in [4.69, 9.17) is 5.73 Å². The Balaban J connectivity index is 1.76. The molecule has 116 valence electrons. The van der Waals surface area contributed by atoms with Crippen molar-refractivity contribution in [2.24, 2.45) is 5.92 Å². The number of carbonyl (C=O) groups is 1. The highest BCUT2D eigenvalue weighted by Gasteiger charge is 2.29. The summed E-state index contributed by atoms with van der Waals surface area (Å²) in [6.07, 6.45) is 5.52. The molecule has 5 nitrogen and oxygen atoms in total. The zero-order valence-corrected chi connectivity index (χ0v) is 13.5. The summed E-state index contributed by atoms with van der Waals surface area (Å²) in [6, 6.07) is 5.90. The maximum Gasteiger partial charge on any atom is 0.228 e. The number of nitrogens with two attached hydrogens (primary N) is 1. The number of hydrogen-bond acceptors (Lipinski definition) is 5. The van der Waals surface area contributed by atoms with E-state index in [9.17, 15) is 4.79 Å². The normalized spacial score (nSPS) is 14.1. The van der Waals surface area contributed by atoms with Crippen molar-refractivity contribution >= 4 is 39.7 Å². The highest BCUT2D eigenvalue weighted by Crippen LogP contribution is 2.34. The molecule has 0 unspecified atom stereocenters. The molecule has 3 N–H and O–H groups in total. The van der Waals surface area contributed by atoms with Crippen molar-refractivity contribution in [3.8, 4) is 10.4 Å². The number of pyridine rings is 1. The van der Waals surface area contributed by atoms with Crippen molar-refractivity contribution in [1.29, 1.82) is 0 Å². The van der Waals surface area contributed by atoms with Gasteiger partial charge in [0.1, 0.15) is 5.82 Å².